The summed E-state index contributed by atoms with van der Waals surface area (Å²) >= 11 is 0. The van der Waals surface area contributed by atoms with Gasteiger partial charge in [0.1, 0.15) is 0 Å². The van der Waals surface area contributed by atoms with E-state index in [-0.39, 0.29) is 0 Å². The Bertz CT molecular complexity index is 127. The summed E-state index contributed by atoms with van der Waals surface area (Å²) in [7, 11) is 2.11. The van der Waals surface area contributed by atoms with Crippen molar-refractivity contribution in [3.63, 3.8) is 0 Å². The Hall–Kier alpha value is -0.830. The maximum Gasteiger partial charge on any atom is 0.243 e. The standard InChI is InChI=1S/C5H13N.C4H7NO/c1-4-6(3)5-2;1-3(2)4(5)6/h4-5H2,1-3H3;1H2,2H3,(H2,5,6). The van der Waals surface area contributed by atoms with Gasteiger partial charge in [0.2, 0.25) is 5.91 Å². The van der Waals surface area contributed by atoms with Gasteiger partial charge in [-0.25, -0.2) is 0 Å². The number of hydrogen-bond acceptors (Lipinski definition) is 2. The third-order valence-corrected chi connectivity index (χ3v) is 1.50. The lowest BCUT2D eigenvalue weighted by Crippen LogP contribution is -2.15. The van der Waals surface area contributed by atoms with Crippen molar-refractivity contribution in [2.75, 3.05) is 20.1 Å². The predicted molar refractivity (Wildman–Crippen MR) is 52.9 cm³/mol. The third-order valence-electron chi connectivity index (χ3n) is 1.50. The SMILES string of the molecule is C=C(C)C(N)=O.CCN(C)CC. The fourth-order valence-electron chi connectivity index (χ4n) is 0.224. The van der Waals surface area contributed by atoms with Crippen LogP contribution in [0.1, 0.15) is 20.8 Å². The van der Waals surface area contributed by atoms with Crippen molar-refractivity contribution in [3.05, 3.63) is 12.2 Å². The monoisotopic (exact) mass is 172 g/mol. The number of carbonyl (C=O) groups excluding carboxylic acids is 1. The van der Waals surface area contributed by atoms with E-state index < -0.39 is 5.91 Å². The molecule has 72 valence electrons. The normalized spacial score (nSPS) is 8.75. The van der Waals surface area contributed by atoms with E-state index in [1.165, 1.54) is 0 Å². The summed E-state index contributed by atoms with van der Waals surface area (Å²) < 4.78 is 0. The van der Waals surface area contributed by atoms with Gasteiger partial charge >= 0.3 is 0 Å². The highest BCUT2D eigenvalue weighted by Crippen LogP contribution is 1.78. The quantitative estimate of drug-likeness (QED) is 0.646. The van der Waals surface area contributed by atoms with Crippen LogP contribution in [0.2, 0.25) is 0 Å². The van der Waals surface area contributed by atoms with Gasteiger partial charge in [-0.2, -0.15) is 0 Å². The zero-order valence-electron chi connectivity index (χ0n) is 8.55. The fraction of sp³-hybridized carbons (Fsp3) is 0.667. The molecule has 2 N–H and O–H groups in total. The first-order chi connectivity index (χ1) is 5.45. The molecule has 0 aliphatic rings. The van der Waals surface area contributed by atoms with Gasteiger partial charge in [-0.1, -0.05) is 20.4 Å². The summed E-state index contributed by atoms with van der Waals surface area (Å²) in [6, 6.07) is 0. The molecule has 12 heavy (non-hydrogen) atoms. The molecule has 3 heteroatoms. The Morgan fingerprint density at radius 1 is 1.42 bits per heavy atom. The molecule has 0 aromatic carbocycles. The van der Waals surface area contributed by atoms with E-state index in [9.17, 15) is 4.79 Å². The van der Waals surface area contributed by atoms with Gasteiger partial charge in [0.05, 0.1) is 0 Å². The van der Waals surface area contributed by atoms with Crippen LogP contribution in [0.4, 0.5) is 0 Å². The van der Waals surface area contributed by atoms with Crippen molar-refractivity contribution < 1.29 is 4.79 Å². The Kier molecular flexibility index (Phi) is 9.47. The molecule has 0 aliphatic carbocycles. The molecule has 0 aliphatic heterocycles. The number of hydrogen-bond donors (Lipinski definition) is 1. The van der Waals surface area contributed by atoms with Crippen molar-refractivity contribution in [2.24, 2.45) is 5.73 Å². The first kappa shape index (κ1) is 13.7. The summed E-state index contributed by atoms with van der Waals surface area (Å²) in [5, 5.41) is 0. The maximum absolute atomic E-state index is 9.82. The second kappa shape index (κ2) is 8.27. The zero-order chi connectivity index (χ0) is 10.1. The lowest BCUT2D eigenvalue weighted by molar-refractivity contribution is -0.114. The second-order valence-electron chi connectivity index (χ2n) is 2.63. The Morgan fingerprint density at radius 3 is 1.67 bits per heavy atom. The van der Waals surface area contributed by atoms with Crippen LogP contribution in [0.15, 0.2) is 12.2 Å². The van der Waals surface area contributed by atoms with Crippen molar-refractivity contribution >= 4 is 5.91 Å². The van der Waals surface area contributed by atoms with E-state index in [0.29, 0.717) is 5.57 Å². The smallest absolute Gasteiger partial charge is 0.243 e. The Balaban J connectivity index is 0. The molecule has 0 saturated carbocycles. The van der Waals surface area contributed by atoms with Crippen LogP contribution >= 0.6 is 0 Å². The van der Waals surface area contributed by atoms with Gasteiger partial charge < -0.3 is 10.6 Å². The minimum Gasteiger partial charge on any atom is -0.366 e. The van der Waals surface area contributed by atoms with Gasteiger partial charge in [0, 0.05) is 5.57 Å². The lowest BCUT2D eigenvalue weighted by atomic mass is 10.3. The molecule has 0 rings (SSSR count). The molecule has 0 spiro atoms. The average molecular weight is 172 g/mol. The number of amides is 1. The molecule has 0 atom stereocenters. The first-order valence-corrected chi connectivity index (χ1v) is 4.09. The van der Waals surface area contributed by atoms with Crippen LogP contribution in [0.5, 0.6) is 0 Å². The van der Waals surface area contributed by atoms with Gasteiger partial charge in [0.25, 0.3) is 0 Å². The molecule has 0 heterocycles. The summed E-state index contributed by atoms with van der Waals surface area (Å²) in [4.78, 5) is 12.1. The lowest BCUT2D eigenvalue weighted by Gasteiger charge is -2.07. The highest BCUT2D eigenvalue weighted by atomic mass is 16.1. The molecule has 0 aromatic rings. The van der Waals surface area contributed by atoms with Crippen molar-refractivity contribution in [2.45, 2.75) is 20.8 Å². The van der Waals surface area contributed by atoms with Gasteiger partial charge in [0.15, 0.2) is 0 Å². The van der Waals surface area contributed by atoms with E-state index in [1.807, 2.05) is 0 Å². The maximum atomic E-state index is 9.82. The first-order valence-electron chi connectivity index (χ1n) is 4.09. The Morgan fingerprint density at radius 2 is 1.67 bits per heavy atom. The molecule has 0 unspecified atom stereocenters. The third kappa shape index (κ3) is 11.9. The average Bonchev–Trinajstić information content (AvgIpc) is 2.04. The number of nitrogens with two attached hydrogens (primary N) is 1. The van der Waals surface area contributed by atoms with Crippen molar-refractivity contribution in [1.29, 1.82) is 0 Å². The minimum absolute atomic E-state index is 0.398. The van der Waals surface area contributed by atoms with Crippen LogP contribution in [0, 0.1) is 0 Å². The molecule has 0 saturated heterocycles. The Labute approximate surface area is 75.2 Å². The topological polar surface area (TPSA) is 46.3 Å². The molecule has 0 aromatic heterocycles. The van der Waals surface area contributed by atoms with Crippen LogP contribution in [-0.4, -0.2) is 30.9 Å². The minimum atomic E-state index is -0.435. The van der Waals surface area contributed by atoms with Crippen LogP contribution in [0.25, 0.3) is 0 Å². The van der Waals surface area contributed by atoms with E-state index in [2.05, 4.69) is 32.4 Å². The molecule has 0 bridgehead atoms. The number of rotatable bonds is 3. The molecule has 3 nitrogen and oxygen atoms in total. The molecule has 0 fully saturated rings. The second-order valence-corrected chi connectivity index (χ2v) is 2.63. The summed E-state index contributed by atoms with van der Waals surface area (Å²) in [5.74, 6) is -0.435. The molecular weight excluding hydrogens is 152 g/mol. The zero-order valence-corrected chi connectivity index (χ0v) is 8.55. The van der Waals surface area contributed by atoms with E-state index in [1.54, 1.807) is 6.92 Å². The molecule has 1 amide bonds. The highest BCUT2D eigenvalue weighted by Gasteiger charge is 1.86. The highest BCUT2D eigenvalue weighted by molar-refractivity contribution is 5.90. The largest absolute Gasteiger partial charge is 0.366 e. The van der Waals surface area contributed by atoms with Crippen molar-refractivity contribution in [3.8, 4) is 0 Å². The van der Waals surface area contributed by atoms with Gasteiger partial charge in [-0.15, -0.1) is 0 Å². The summed E-state index contributed by atoms with van der Waals surface area (Å²) in [6.45, 7) is 11.5. The van der Waals surface area contributed by atoms with Crippen LogP contribution < -0.4 is 5.73 Å². The van der Waals surface area contributed by atoms with Gasteiger partial charge in [-0.05, 0) is 27.1 Å². The van der Waals surface area contributed by atoms with E-state index in [4.69, 9.17) is 5.73 Å². The summed E-state index contributed by atoms with van der Waals surface area (Å²) in [5.41, 5.74) is 5.09. The van der Waals surface area contributed by atoms with Gasteiger partial charge in [-0.3, -0.25) is 4.79 Å². The van der Waals surface area contributed by atoms with Crippen LogP contribution in [-0.2, 0) is 4.79 Å². The van der Waals surface area contributed by atoms with Crippen LogP contribution in [0.3, 0.4) is 0 Å². The van der Waals surface area contributed by atoms with E-state index in [0.717, 1.165) is 13.1 Å². The molecular formula is C9H20N2O. The molecule has 0 radical (unpaired) electrons. The number of carbonyl (C=O) groups is 1. The number of nitrogens with zero attached hydrogens (tertiary/aromatic N) is 1. The van der Waals surface area contributed by atoms with Crippen molar-refractivity contribution in [1.82, 2.24) is 4.90 Å². The van der Waals surface area contributed by atoms with E-state index >= 15 is 0 Å². The predicted octanol–water partition coefficient (Wildman–Crippen LogP) is 1.01. The fourth-order valence-corrected chi connectivity index (χ4v) is 0.224. The summed E-state index contributed by atoms with van der Waals surface area (Å²) in [6.07, 6.45) is 0. The number of primary amides is 1.